The number of benzene rings is 1. The SMILES string of the molecule is Nc1ccc2c(c1)CN(C(=O)C1CCS(=O)(=O)C1)C2. The Morgan fingerprint density at radius 3 is 2.68 bits per heavy atom. The van der Waals surface area contributed by atoms with Crippen LogP contribution in [-0.4, -0.2) is 30.7 Å². The van der Waals surface area contributed by atoms with Crippen LogP contribution < -0.4 is 5.73 Å². The van der Waals surface area contributed by atoms with E-state index < -0.39 is 9.84 Å². The minimum Gasteiger partial charge on any atom is -0.399 e. The average Bonchev–Trinajstić information content (AvgIpc) is 2.90. The first kappa shape index (κ1) is 12.5. The van der Waals surface area contributed by atoms with Crippen molar-refractivity contribution in [3.8, 4) is 0 Å². The molecule has 2 aliphatic rings. The molecule has 0 bridgehead atoms. The number of anilines is 1. The van der Waals surface area contributed by atoms with E-state index in [9.17, 15) is 13.2 Å². The second kappa shape index (κ2) is 4.23. The van der Waals surface area contributed by atoms with Crippen molar-refractivity contribution in [3.05, 3.63) is 29.3 Å². The number of hydrogen-bond donors (Lipinski definition) is 1. The Hall–Kier alpha value is -1.56. The predicted octanol–water partition coefficient (Wildman–Crippen LogP) is 0.546. The van der Waals surface area contributed by atoms with Crippen LogP contribution in [0.15, 0.2) is 18.2 Å². The lowest BCUT2D eigenvalue weighted by atomic mass is 10.1. The zero-order chi connectivity index (χ0) is 13.6. The minimum atomic E-state index is -3.01. The summed E-state index contributed by atoms with van der Waals surface area (Å²) in [6.07, 6.45) is 0.455. The number of carbonyl (C=O) groups is 1. The van der Waals surface area contributed by atoms with Crippen LogP contribution in [0.3, 0.4) is 0 Å². The molecular formula is C13H16N2O3S. The molecule has 0 spiro atoms. The molecule has 1 fully saturated rings. The van der Waals surface area contributed by atoms with Crippen molar-refractivity contribution in [3.63, 3.8) is 0 Å². The molecule has 1 amide bonds. The number of nitrogens with two attached hydrogens (primary N) is 1. The number of sulfone groups is 1. The number of amides is 1. The highest BCUT2D eigenvalue weighted by Gasteiger charge is 2.36. The number of fused-ring (bicyclic) bond motifs is 1. The molecule has 102 valence electrons. The van der Waals surface area contributed by atoms with Crippen LogP contribution in [0.4, 0.5) is 5.69 Å². The lowest BCUT2D eigenvalue weighted by Crippen LogP contribution is -2.32. The maximum atomic E-state index is 12.3. The van der Waals surface area contributed by atoms with Gasteiger partial charge in [-0.2, -0.15) is 0 Å². The highest BCUT2D eigenvalue weighted by atomic mass is 32.2. The summed E-state index contributed by atoms with van der Waals surface area (Å²) < 4.78 is 22.9. The summed E-state index contributed by atoms with van der Waals surface area (Å²) in [5.41, 5.74) is 8.58. The third-order valence-electron chi connectivity index (χ3n) is 3.85. The predicted molar refractivity (Wildman–Crippen MR) is 71.9 cm³/mol. The van der Waals surface area contributed by atoms with Crippen molar-refractivity contribution in [2.45, 2.75) is 19.5 Å². The summed E-state index contributed by atoms with van der Waals surface area (Å²) >= 11 is 0. The number of rotatable bonds is 1. The maximum absolute atomic E-state index is 12.3. The molecule has 1 saturated heterocycles. The first-order chi connectivity index (χ1) is 8.94. The number of nitrogen functional groups attached to an aromatic ring is 1. The number of hydrogen-bond acceptors (Lipinski definition) is 4. The smallest absolute Gasteiger partial charge is 0.227 e. The molecule has 0 aliphatic carbocycles. The van der Waals surface area contributed by atoms with Gasteiger partial charge in [0.05, 0.1) is 17.4 Å². The van der Waals surface area contributed by atoms with Gasteiger partial charge in [0.25, 0.3) is 0 Å². The summed E-state index contributed by atoms with van der Waals surface area (Å²) in [6.45, 7) is 1.10. The van der Waals surface area contributed by atoms with Gasteiger partial charge in [0, 0.05) is 18.8 Å². The minimum absolute atomic E-state index is 0.000811. The topological polar surface area (TPSA) is 80.5 Å². The van der Waals surface area contributed by atoms with E-state index in [0.717, 1.165) is 11.1 Å². The third kappa shape index (κ3) is 2.32. The van der Waals surface area contributed by atoms with E-state index in [4.69, 9.17) is 5.73 Å². The Morgan fingerprint density at radius 1 is 1.26 bits per heavy atom. The molecule has 1 aromatic rings. The fourth-order valence-electron chi connectivity index (χ4n) is 2.82. The standard InChI is InChI=1S/C13H16N2O3S/c14-12-2-1-9-6-15(7-11(9)5-12)13(16)10-3-4-19(17,18)8-10/h1-2,5,10H,3-4,6-8,14H2. The van der Waals surface area contributed by atoms with Gasteiger partial charge in [-0.05, 0) is 29.7 Å². The fourth-order valence-corrected chi connectivity index (χ4v) is 4.55. The molecule has 5 nitrogen and oxygen atoms in total. The van der Waals surface area contributed by atoms with Gasteiger partial charge in [-0.25, -0.2) is 8.42 Å². The Balaban J connectivity index is 1.75. The van der Waals surface area contributed by atoms with Crippen LogP contribution in [0.2, 0.25) is 0 Å². The molecule has 1 atom stereocenters. The van der Waals surface area contributed by atoms with Crippen LogP contribution in [0.5, 0.6) is 0 Å². The van der Waals surface area contributed by atoms with E-state index in [1.54, 1.807) is 4.90 Å². The van der Waals surface area contributed by atoms with Gasteiger partial charge in [0.2, 0.25) is 5.91 Å². The van der Waals surface area contributed by atoms with E-state index >= 15 is 0 Å². The second-order valence-corrected chi connectivity index (χ2v) is 7.55. The van der Waals surface area contributed by atoms with E-state index in [-0.39, 0.29) is 23.3 Å². The van der Waals surface area contributed by atoms with Crippen LogP contribution in [0.25, 0.3) is 0 Å². The van der Waals surface area contributed by atoms with Gasteiger partial charge >= 0.3 is 0 Å². The largest absolute Gasteiger partial charge is 0.399 e. The summed E-state index contributed by atoms with van der Waals surface area (Å²) in [7, 11) is -3.01. The van der Waals surface area contributed by atoms with Crippen molar-refractivity contribution in [1.29, 1.82) is 0 Å². The molecule has 0 saturated carbocycles. The maximum Gasteiger partial charge on any atom is 0.227 e. The zero-order valence-corrected chi connectivity index (χ0v) is 11.3. The molecule has 3 rings (SSSR count). The number of nitrogens with zero attached hydrogens (tertiary/aromatic N) is 1. The summed E-state index contributed by atoms with van der Waals surface area (Å²) in [5, 5.41) is 0. The van der Waals surface area contributed by atoms with Crippen molar-refractivity contribution in [1.82, 2.24) is 4.90 Å². The van der Waals surface area contributed by atoms with Crippen LogP contribution in [0, 0.1) is 5.92 Å². The van der Waals surface area contributed by atoms with Gasteiger partial charge in [-0.15, -0.1) is 0 Å². The molecule has 2 N–H and O–H groups in total. The van der Waals surface area contributed by atoms with E-state index in [1.807, 2.05) is 18.2 Å². The molecule has 19 heavy (non-hydrogen) atoms. The first-order valence-corrected chi connectivity index (χ1v) is 8.13. The van der Waals surface area contributed by atoms with Gasteiger partial charge < -0.3 is 10.6 Å². The van der Waals surface area contributed by atoms with Crippen molar-refractivity contribution in [2.75, 3.05) is 17.2 Å². The molecular weight excluding hydrogens is 264 g/mol. The van der Waals surface area contributed by atoms with E-state index in [0.29, 0.717) is 25.2 Å². The highest BCUT2D eigenvalue weighted by molar-refractivity contribution is 7.91. The van der Waals surface area contributed by atoms with Gasteiger partial charge in [-0.3, -0.25) is 4.79 Å². The van der Waals surface area contributed by atoms with Crippen LogP contribution in [0.1, 0.15) is 17.5 Å². The summed E-state index contributed by atoms with van der Waals surface area (Å²) in [6, 6.07) is 5.64. The molecule has 6 heteroatoms. The molecule has 1 aromatic carbocycles. The van der Waals surface area contributed by atoms with E-state index in [2.05, 4.69) is 0 Å². The zero-order valence-electron chi connectivity index (χ0n) is 10.5. The van der Waals surface area contributed by atoms with Gasteiger partial charge in [-0.1, -0.05) is 6.07 Å². The second-order valence-electron chi connectivity index (χ2n) is 5.32. The van der Waals surface area contributed by atoms with Crippen molar-refractivity contribution >= 4 is 21.4 Å². The monoisotopic (exact) mass is 280 g/mol. The lowest BCUT2D eigenvalue weighted by molar-refractivity contribution is -0.135. The number of carbonyl (C=O) groups excluding carboxylic acids is 1. The Labute approximate surface area is 112 Å². The third-order valence-corrected chi connectivity index (χ3v) is 5.61. The van der Waals surface area contributed by atoms with E-state index in [1.165, 1.54) is 0 Å². The molecule has 0 radical (unpaired) electrons. The van der Waals surface area contributed by atoms with Crippen LogP contribution >= 0.6 is 0 Å². The molecule has 1 unspecified atom stereocenters. The van der Waals surface area contributed by atoms with Gasteiger partial charge in [0.15, 0.2) is 9.84 Å². The summed E-state index contributed by atoms with van der Waals surface area (Å²) in [4.78, 5) is 14.1. The molecule has 0 aromatic heterocycles. The van der Waals surface area contributed by atoms with Crippen LogP contribution in [-0.2, 0) is 27.7 Å². The average molecular weight is 280 g/mol. The molecule has 2 heterocycles. The lowest BCUT2D eigenvalue weighted by Gasteiger charge is -2.18. The Bertz CT molecular complexity index is 639. The Kier molecular flexibility index (Phi) is 2.78. The first-order valence-electron chi connectivity index (χ1n) is 6.31. The fraction of sp³-hybridized carbons (Fsp3) is 0.462. The quantitative estimate of drug-likeness (QED) is 0.762. The molecule has 2 aliphatic heterocycles. The highest BCUT2D eigenvalue weighted by Crippen LogP contribution is 2.28. The van der Waals surface area contributed by atoms with Crippen molar-refractivity contribution in [2.24, 2.45) is 5.92 Å². The Morgan fingerprint density at radius 2 is 2.00 bits per heavy atom. The summed E-state index contributed by atoms with van der Waals surface area (Å²) in [5.74, 6) is -0.273. The van der Waals surface area contributed by atoms with Crippen molar-refractivity contribution < 1.29 is 13.2 Å². The van der Waals surface area contributed by atoms with Gasteiger partial charge in [0.1, 0.15) is 0 Å². The normalized spacial score (nSPS) is 24.4.